The summed E-state index contributed by atoms with van der Waals surface area (Å²) in [5.41, 5.74) is 8.56. The third-order valence-electron chi connectivity index (χ3n) is 6.01. The van der Waals surface area contributed by atoms with Gasteiger partial charge in [-0.15, -0.1) is 0 Å². The van der Waals surface area contributed by atoms with E-state index in [1.807, 2.05) is 19.1 Å². The van der Waals surface area contributed by atoms with Gasteiger partial charge in [-0.05, 0) is 73.8 Å². The molecule has 2 atom stereocenters. The molecule has 2 aromatic rings. The lowest BCUT2D eigenvalue weighted by atomic mass is 9.56. The Morgan fingerprint density at radius 1 is 1.15 bits per heavy atom. The number of allylic oxidation sites excluding steroid dienone is 2. The number of rotatable bonds is 5. The third-order valence-corrected chi connectivity index (χ3v) is 6.01. The number of hydrogen-bond acceptors (Lipinski definition) is 3. The Hall–Kier alpha value is -2.26. The molecule has 0 aliphatic heterocycles. The van der Waals surface area contributed by atoms with Crippen molar-refractivity contribution in [3.05, 3.63) is 77.0 Å². The number of fused-ring (bicyclic) bond motifs is 3. The molecule has 2 aliphatic carbocycles. The minimum absolute atomic E-state index is 0.0973. The van der Waals surface area contributed by atoms with Crippen LogP contribution in [-0.4, -0.2) is 11.7 Å². The summed E-state index contributed by atoms with van der Waals surface area (Å²) in [6, 6.07) is 16.8. The summed E-state index contributed by atoms with van der Waals surface area (Å²) >= 11 is 0. The zero-order valence-electron chi connectivity index (χ0n) is 15.4. The molecule has 0 saturated heterocycles. The second-order valence-corrected chi connectivity index (χ2v) is 7.53. The normalized spacial score (nSPS) is 24.3. The highest BCUT2D eigenvalue weighted by Crippen LogP contribution is 2.51. The average molecular weight is 349 g/mol. The number of aryl methyl sites for hydroxylation is 1. The van der Waals surface area contributed by atoms with E-state index in [9.17, 15) is 5.11 Å². The molecule has 2 N–H and O–H groups in total. The molecule has 0 saturated carbocycles. The van der Waals surface area contributed by atoms with Gasteiger partial charge in [-0.2, -0.15) is 0 Å². The molecule has 0 amide bonds. The van der Waals surface area contributed by atoms with E-state index in [4.69, 9.17) is 4.84 Å². The van der Waals surface area contributed by atoms with Crippen molar-refractivity contribution in [1.82, 2.24) is 5.48 Å². The fraction of sp³-hybridized carbons (Fsp3) is 0.391. The molecule has 0 heterocycles. The van der Waals surface area contributed by atoms with E-state index in [2.05, 4.69) is 48.0 Å². The van der Waals surface area contributed by atoms with E-state index in [1.165, 1.54) is 22.4 Å². The summed E-state index contributed by atoms with van der Waals surface area (Å²) in [5, 5.41) is 9.96. The molecule has 0 fully saturated rings. The van der Waals surface area contributed by atoms with Gasteiger partial charge in [-0.1, -0.05) is 42.5 Å². The molecular weight excluding hydrogens is 322 g/mol. The van der Waals surface area contributed by atoms with Gasteiger partial charge in [0.15, 0.2) is 0 Å². The zero-order valence-corrected chi connectivity index (χ0v) is 15.4. The molecule has 26 heavy (non-hydrogen) atoms. The van der Waals surface area contributed by atoms with Crippen molar-refractivity contribution in [2.75, 3.05) is 6.61 Å². The Kier molecular flexibility index (Phi) is 4.73. The summed E-state index contributed by atoms with van der Waals surface area (Å²) in [7, 11) is 0. The summed E-state index contributed by atoms with van der Waals surface area (Å²) in [4.78, 5) is 5.44. The molecule has 0 aromatic heterocycles. The number of benzene rings is 2. The highest BCUT2D eigenvalue weighted by molar-refractivity contribution is 5.45. The number of hydroxylamine groups is 1. The van der Waals surface area contributed by atoms with Crippen LogP contribution in [0.5, 0.6) is 5.75 Å². The molecule has 2 aliphatic rings. The SMILES string of the molecule is CCONC1=CC2CCc3cc(O)ccc3C2(Cc2ccccc2)CC1. The summed E-state index contributed by atoms with van der Waals surface area (Å²) in [6.07, 6.45) is 7.65. The van der Waals surface area contributed by atoms with Crippen LogP contribution in [0, 0.1) is 5.92 Å². The van der Waals surface area contributed by atoms with Crippen LogP contribution in [0.3, 0.4) is 0 Å². The van der Waals surface area contributed by atoms with E-state index in [1.54, 1.807) is 0 Å². The molecule has 2 aromatic carbocycles. The van der Waals surface area contributed by atoms with Gasteiger partial charge < -0.3 is 5.11 Å². The third kappa shape index (κ3) is 3.12. The van der Waals surface area contributed by atoms with Gasteiger partial charge in [0.05, 0.1) is 6.61 Å². The van der Waals surface area contributed by atoms with Crippen LogP contribution in [0.25, 0.3) is 0 Å². The van der Waals surface area contributed by atoms with Crippen LogP contribution in [0.1, 0.15) is 42.9 Å². The Morgan fingerprint density at radius 2 is 2.00 bits per heavy atom. The molecule has 4 rings (SSSR count). The first-order valence-corrected chi connectivity index (χ1v) is 9.66. The van der Waals surface area contributed by atoms with Crippen LogP contribution in [0.15, 0.2) is 60.3 Å². The van der Waals surface area contributed by atoms with Gasteiger partial charge in [0.1, 0.15) is 5.75 Å². The van der Waals surface area contributed by atoms with E-state index in [-0.39, 0.29) is 5.41 Å². The molecule has 3 heteroatoms. The second-order valence-electron chi connectivity index (χ2n) is 7.53. The maximum Gasteiger partial charge on any atom is 0.115 e. The standard InChI is InChI=1S/C23H27NO2/c1-2-26-24-20-12-13-23(16-17-6-4-3-5-7-17)19(15-20)9-8-18-14-21(25)10-11-22(18)23/h3-7,10-11,14-15,19,24-25H,2,8-9,12-13,16H2,1H3. The van der Waals surface area contributed by atoms with Gasteiger partial charge >= 0.3 is 0 Å². The number of hydrogen-bond donors (Lipinski definition) is 2. The van der Waals surface area contributed by atoms with Crippen molar-refractivity contribution < 1.29 is 9.94 Å². The lowest BCUT2D eigenvalue weighted by molar-refractivity contribution is 0.0653. The molecular formula is C23H27NO2. The second kappa shape index (κ2) is 7.16. The maximum absolute atomic E-state index is 9.96. The monoisotopic (exact) mass is 349 g/mol. The topological polar surface area (TPSA) is 41.5 Å². The van der Waals surface area contributed by atoms with Crippen molar-refractivity contribution in [2.45, 2.75) is 44.4 Å². The van der Waals surface area contributed by atoms with Crippen LogP contribution >= 0.6 is 0 Å². The van der Waals surface area contributed by atoms with E-state index in [0.29, 0.717) is 18.3 Å². The minimum Gasteiger partial charge on any atom is -0.508 e. The molecule has 0 radical (unpaired) electrons. The lowest BCUT2D eigenvalue weighted by Gasteiger charge is -2.48. The van der Waals surface area contributed by atoms with Gasteiger partial charge in [0, 0.05) is 11.1 Å². The molecule has 3 nitrogen and oxygen atoms in total. The average Bonchev–Trinajstić information content (AvgIpc) is 2.67. The number of phenols is 1. The van der Waals surface area contributed by atoms with Crippen molar-refractivity contribution in [2.24, 2.45) is 5.92 Å². The Morgan fingerprint density at radius 3 is 2.81 bits per heavy atom. The van der Waals surface area contributed by atoms with Crippen LogP contribution in [0.4, 0.5) is 0 Å². The van der Waals surface area contributed by atoms with Crippen molar-refractivity contribution in [1.29, 1.82) is 0 Å². The highest BCUT2D eigenvalue weighted by Gasteiger charge is 2.45. The quantitative estimate of drug-likeness (QED) is 0.772. The van der Waals surface area contributed by atoms with E-state index in [0.717, 1.165) is 32.1 Å². The fourth-order valence-corrected chi connectivity index (χ4v) is 4.83. The lowest BCUT2D eigenvalue weighted by Crippen LogP contribution is -2.44. The van der Waals surface area contributed by atoms with Crippen molar-refractivity contribution >= 4 is 0 Å². The van der Waals surface area contributed by atoms with Crippen LogP contribution in [0.2, 0.25) is 0 Å². The van der Waals surface area contributed by atoms with E-state index < -0.39 is 0 Å². The first-order chi connectivity index (χ1) is 12.7. The Labute approximate surface area is 155 Å². The van der Waals surface area contributed by atoms with Crippen molar-refractivity contribution in [3.8, 4) is 5.75 Å². The molecule has 2 unspecified atom stereocenters. The predicted molar refractivity (Wildman–Crippen MR) is 104 cm³/mol. The molecule has 136 valence electrons. The Bertz CT molecular complexity index is 799. The first kappa shape index (κ1) is 17.2. The van der Waals surface area contributed by atoms with Crippen molar-refractivity contribution in [3.63, 3.8) is 0 Å². The number of nitrogens with one attached hydrogen (secondary N) is 1. The molecule has 0 spiro atoms. The van der Waals surface area contributed by atoms with Gasteiger partial charge in [0.25, 0.3) is 0 Å². The summed E-state index contributed by atoms with van der Waals surface area (Å²) < 4.78 is 0. The summed E-state index contributed by atoms with van der Waals surface area (Å²) in [5.74, 6) is 0.860. The number of phenolic OH excluding ortho intramolecular Hbond substituents is 1. The number of aromatic hydroxyl groups is 1. The minimum atomic E-state index is 0.0973. The fourth-order valence-electron chi connectivity index (χ4n) is 4.83. The summed E-state index contributed by atoms with van der Waals surface area (Å²) in [6.45, 7) is 2.67. The Balaban J connectivity index is 1.75. The highest BCUT2D eigenvalue weighted by atomic mass is 16.6. The van der Waals surface area contributed by atoms with Gasteiger partial charge in [-0.3, -0.25) is 10.3 Å². The van der Waals surface area contributed by atoms with Crippen LogP contribution in [-0.2, 0) is 23.1 Å². The van der Waals surface area contributed by atoms with E-state index >= 15 is 0 Å². The van der Waals surface area contributed by atoms with Gasteiger partial charge in [-0.25, -0.2) is 0 Å². The smallest absolute Gasteiger partial charge is 0.115 e. The van der Waals surface area contributed by atoms with Gasteiger partial charge in [0.2, 0.25) is 0 Å². The molecule has 0 bridgehead atoms. The zero-order chi connectivity index (χ0) is 18.0. The largest absolute Gasteiger partial charge is 0.508 e. The first-order valence-electron chi connectivity index (χ1n) is 9.66. The predicted octanol–water partition coefficient (Wildman–Crippen LogP) is 4.65. The maximum atomic E-state index is 9.96. The van der Waals surface area contributed by atoms with Crippen LogP contribution < -0.4 is 5.48 Å².